The number of rotatable bonds is 6. The van der Waals surface area contributed by atoms with Gasteiger partial charge in [-0.1, -0.05) is 53.6 Å². The van der Waals surface area contributed by atoms with E-state index in [4.69, 9.17) is 16.3 Å². The Morgan fingerprint density at radius 3 is 2.70 bits per heavy atom. The van der Waals surface area contributed by atoms with Gasteiger partial charge in [-0.05, 0) is 24.6 Å². The van der Waals surface area contributed by atoms with Crippen LogP contribution in [0.25, 0.3) is 0 Å². The van der Waals surface area contributed by atoms with Crippen LogP contribution < -0.4 is 10.1 Å². The molecule has 1 aliphatic rings. The van der Waals surface area contributed by atoms with Crippen LogP contribution in [0.4, 0.5) is 0 Å². The molecule has 1 heterocycles. The molecule has 27 heavy (non-hydrogen) atoms. The number of nitrogens with one attached hydrogen (secondary N) is 1. The highest BCUT2D eigenvalue weighted by molar-refractivity contribution is 8.03. The third-order valence-corrected chi connectivity index (χ3v) is 5.55. The number of aryl methyl sites for hydroxylation is 1. The zero-order valence-electron chi connectivity index (χ0n) is 14.9. The van der Waals surface area contributed by atoms with E-state index in [9.17, 15) is 10.1 Å². The fourth-order valence-corrected chi connectivity index (χ4v) is 3.96. The summed E-state index contributed by atoms with van der Waals surface area (Å²) in [5, 5.41) is 13.7. The Balaban J connectivity index is 1.70. The smallest absolute Gasteiger partial charge is 0.225 e. The van der Waals surface area contributed by atoms with Gasteiger partial charge in [0.1, 0.15) is 5.75 Å². The van der Waals surface area contributed by atoms with Crippen LogP contribution in [0, 0.1) is 18.3 Å². The van der Waals surface area contributed by atoms with Crippen molar-refractivity contribution in [1.82, 2.24) is 5.32 Å². The maximum Gasteiger partial charge on any atom is 0.225 e. The van der Waals surface area contributed by atoms with Crippen molar-refractivity contribution in [2.75, 3.05) is 12.4 Å². The number of allylic oxidation sites excluding steroid dienone is 1. The average molecular weight is 399 g/mol. The summed E-state index contributed by atoms with van der Waals surface area (Å²) in [5.74, 6) is 0.928. The van der Waals surface area contributed by atoms with E-state index in [0.29, 0.717) is 33.7 Å². The van der Waals surface area contributed by atoms with Gasteiger partial charge in [0.05, 0.1) is 28.3 Å². The number of ether oxygens (including phenoxy) is 1. The number of carbonyl (C=O) groups excluding carboxylic acids is 1. The molecule has 0 spiro atoms. The number of nitriles is 1. The van der Waals surface area contributed by atoms with E-state index in [-0.39, 0.29) is 18.2 Å². The molecule has 0 radical (unpaired) electrons. The molecule has 0 bridgehead atoms. The molecule has 0 unspecified atom stereocenters. The summed E-state index contributed by atoms with van der Waals surface area (Å²) < 4.78 is 5.68. The summed E-state index contributed by atoms with van der Waals surface area (Å²) in [7, 11) is 0. The number of hydrogen-bond donors (Lipinski definition) is 1. The molecular formula is C21H19ClN2O2S. The Morgan fingerprint density at radius 1 is 1.26 bits per heavy atom. The van der Waals surface area contributed by atoms with Crippen molar-refractivity contribution in [3.05, 3.63) is 75.3 Å². The van der Waals surface area contributed by atoms with Crippen molar-refractivity contribution in [1.29, 1.82) is 5.26 Å². The number of nitrogens with zero attached hydrogens (tertiary/aromatic N) is 1. The minimum Gasteiger partial charge on any atom is -0.491 e. The van der Waals surface area contributed by atoms with Crippen LogP contribution in [0.3, 0.4) is 0 Å². The number of carbonyl (C=O) groups is 1. The van der Waals surface area contributed by atoms with E-state index in [1.807, 2.05) is 49.4 Å². The first-order valence-electron chi connectivity index (χ1n) is 8.59. The lowest BCUT2D eigenvalue weighted by Gasteiger charge is -2.25. The Labute approximate surface area is 168 Å². The molecule has 4 nitrogen and oxygen atoms in total. The van der Waals surface area contributed by atoms with E-state index in [2.05, 4.69) is 11.4 Å². The summed E-state index contributed by atoms with van der Waals surface area (Å²) in [6.45, 7) is 2.43. The predicted molar refractivity (Wildman–Crippen MR) is 109 cm³/mol. The van der Waals surface area contributed by atoms with E-state index in [0.717, 1.165) is 11.1 Å². The summed E-state index contributed by atoms with van der Waals surface area (Å²) >= 11 is 7.49. The number of para-hydroxylation sites is 1. The fourth-order valence-electron chi connectivity index (χ4n) is 2.87. The molecule has 0 fully saturated rings. The zero-order valence-corrected chi connectivity index (χ0v) is 16.4. The molecule has 2 aromatic carbocycles. The number of benzene rings is 2. The second kappa shape index (κ2) is 8.98. The number of thioether (sulfide) groups is 1. The van der Waals surface area contributed by atoms with Crippen molar-refractivity contribution in [3.63, 3.8) is 0 Å². The van der Waals surface area contributed by atoms with Crippen LogP contribution in [-0.4, -0.2) is 18.3 Å². The molecule has 0 aliphatic carbocycles. The molecular weight excluding hydrogens is 380 g/mol. The first-order chi connectivity index (χ1) is 13.1. The normalized spacial score (nSPS) is 16.6. The Hall–Kier alpha value is -2.42. The van der Waals surface area contributed by atoms with Crippen LogP contribution in [0.2, 0.25) is 5.02 Å². The van der Waals surface area contributed by atoms with E-state index < -0.39 is 0 Å². The molecule has 0 aromatic heterocycles. The van der Waals surface area contributed by atoms with Gasteiger partial charge in [0.2, 0.25) is 5.91 Å². The molecule has 2 aromatic rings. The van der Waals surface area contributed by atoms with E-state index in [1.54, 1.807) is 6.07 Å². The molecule has 1 atom stereocenters. The molecule has 0 saturated carbocycles. The number of halogens is 1. The van der Waals surface area contributed by atoms with Gasteiger partial charge in [0.15, 0.2) is 0 Å². The monoisotopic (exact) mass is 398 g/mol. The molecule has 6 heteroatoms. The van der Waals surface area contributed by atoms with Gasteiger partial charge in [-0.2, -0.15) is 5.26 Å². The maximum absolute atomic E-state index is 12.2. The minimum atomic E-state index is -0.212. The highest BCUT2D eigenvalue weighted by Crippen LogP contribution is 2.36. The highest BCUT2D eigenvalue weighted by Gasteiger charge is 2.29. The van der Waals surface area contributed by atoms with Gasteiger partial charge in [0.25, 0.3) is 0 Å². The molecule has 3 rings (SSSR count). The Kier molecular flexibility index (Phi) is 6.44. The van der Waals surface area contributed by atoms with Crippen LogP contribution in [0.15, 0.2) is 59.1 Å². The van der Waals surface area contributed by atoms with Crippen LogP contribution >= 0.6 is 23.4 Å². The van der Waals surface area contributed by atoms with Gasteiger partial charge in [-0.15, -0.1) is 11.8 Å². The average Bonchev–Trinajstić information content (AvgIpc) is 2.66. The predicted octanol–water partition coefficient (Wildman–Crippen LogP) is 4.80. The van der Waals surface area contributed by atoms with Crippen LogP contribution in [0.5, 0.6) is 5.75 Å². The van der Waals surface area contributed by atoms with Crippen molar-refractivity contribution in [2.24, 2.45) is 0 Å². The SMILES string of the molecule is Cc1ccc([C@@H]2CC(=O)NC(SCCOc3ccccc3Cl)=C2C#N)cc1. The lowest BCUT2D eigenvalue weighted by atomic mass is 9.87. The summed E-state index contributed by atoms with van der Waals surface area (Å²) in [5.41, 5.74) is 2.73. The van der Waals surface area contributed by atoms with Gasteiger partial charge in [0, 0.05) is 18.1 Å². The third-order valence-electron chi connectivity index (χ3n) is 4.26. The van der Waals surface area contributed by atoms with E-state index in [1.165, 1.54) is 11.8 Å². The molecule has 1 amide bonds. The van der Waals surface area contributed by atoms with Gasteiger partial charge < -0.3 is 10.1 Å². The third kappa shape index (κ3) is 4.85. The zero-order chi connectivity index (χ0) is 19.2. The highest BCUT2D eigenvalue weighted by atomic mass is 35.5. The van der Waals surface area contributed by atoms with Gasteiger partial charge >= 0.3 is 0 Å². The minimum absolute atomic E-state index is 0.0749. The van der Waals surface area contributed by atoms with Crippen LogP contribution in [0.1, 0.15) is 23.5 Å². The molecule has 138 valence electrons. The van der Waals surface area contributed by atoms with Crippen molar-refractivity contribution >= 4 is 29.3 Å². The summed E-state index contributed by atoms with van der Waals surface area (Å²) in [6, 6.07) is 17.5. The lowest BCUT2D eigenvalue weighted by molar-refractivity contribution is -0.120. The van der Waals surface area contributed by atoms with Gasteiger partial charge in [-0.25, -0.2) is 0 Å². The van der Waals surface area contributed by atoms with Crippen molar-refractivity contribution in [2.45, 2.75) is 19.3 Å². The molecule has 1 aliphatic heterocycles. The Morgan fingerprint density at radius 2 is 2.00 bits per heavy atom. The lowest BCUT2D eigenvalue weighted by Crippen LogP contribution is -2.31. The fraction of sp³-hybridized carbons (Fsp3) is 0.238. The van der Waals surface area contributed by atoms with Crippen LogP contribution in [-0.2, 0) is 4.79 Å². The van der Waals surface area contributed by atoms with Crippen molar-refractivity contribution in [3.8, 4) is 11.8 Å². The van der Waals surface area contributed by atoms with Crippen molar-refractivity contribution < 1.29 is 9.53 Å². The topological polar surface area (TPSA) is 62.1 Å². The number of hydrogen-bond acceptors (Lipinski definition) is 4. The standard InChI is InChI=1S/C21H19ClN2O2S/c1-14-6-8-15(9-7-14)16-12-20(25)24-21(17(16)13-23)27-11-10-26-19-5-3-2-4-18(19)22/h2-9,16H,10-12H2,1H3,(H,24,25)/t16-/m0/s1. The number of amides is 1. The summed E-state index contributed by atoms with van der Waals surface area (Å²) in [6.07, 6.45) is 0.284. The van der Waals surface area contributed by atoms with E-state index >= 15 is 0 Å². The Bertz CT molecular complexity index is 903. The first kappa shape index (κ1) is 19.3. The first-order valence-corrected chi connectivity index (χ1v) is 9.95. The maximum atomic E-state index is 12.2. The summed E-state index contributed by atoms with van der Waals surface area (Å²) in [4.78, 5) is 12.2. The quantitative estimate of drug-likeness (QED) is 0.710. The second-order valence-corrected chi connectivity index (χ2v) is 7.71. The molecule has 0 saturated heterocycles. The largest absolute Gasteiger partial charge is 0.491 e. The molecule has 1 N–H and O–H groups in total. The van der Waals surface area contributed by atoms with Gasteiger partial charge in [-0.3, -0.25) is 4.79 Å². The second-order valence-electron chi connectivity index (χ2n) is 6.20.